The molecule has 6 nitrogen and oxygen atoms in total. The summed E-state index contributed by atoms with van der Waals surface area (Å²) in [6, 6.07) is 0. The zero-order chi connectivity index (χ0) is 49.5. The maximum atomic E-state index is 12.9. The number of rotatable bonds is 57. The molecule has 0 bridgehead atoms. The Hall–Kier alpha value is -1.59. The SMILES string of the molecule is CCCCCCCCCCCCCCCCCCCCC(=O)OC[C@@H](COC(=O)CCCCCCCCCCCCCCC(C)C)OC(=O)CCCCCCCCCCCCCCCCCCC. The van der Waals surface area contributed by atoms with Crippen molar-refractivity contribution in [2.75, 3.05) is 13.2 Å². The largest absolute Gasteiger partial charge is 0.462 e. The molecular weight excluding hydrogens is 841 g/mol. The van der Waals surface area contributed by atoms with Gasteiger partial charge in [-0.1, -0.05) is 317 Å². The highest BCUT2D eigenvalue weighted by atomic mass is 16.6. The standard InChI is InChI=1S/C62H120O6/c1-5-7-9-11-13-15-17-19-21-23-25-26-28-33-37-41-45-49-53-60(63)66-56-59(57-67-61(64)54-50-46-42-38-34-31-30-32-36-40-44-48-52-58(3)4)68-62(65)55-51-47-43-39-35-29-27-24-22-20-18-16-14-12-10-8-6-2/h58-59H,5-57H2,1-4H3/t59-/m0/s1. The predicted octanol–water partition coefficient (Wildman–Crippen LogP) is 20.6. The molecule has 0 unspecified atom stereocenters. The average Bonchev–Trinajstić information content (AvgIpc) is 3.32. The normalized spacial score (nSPS) is 12.0. The first-order chi connectivity index (χ1) is 33.4. The predicted molar refractivity (Wildman–Crippen MR) is 293 cm³/mol. The van der Waals surface area contributed by atoms with Gasteiger partial charge >= 0.3 is 17.9 Å². The van der Waals surface area contributed by atoms with Crippen molar-refractivity contribution in [3.8, 4) is 0 Å². The van der Waals surface area contributed by atoms with Gasteiger partial charge in [-0.25, -0.2) is 0 Å². The first kappa shape index (κ1) is 66.4. The van der Waals surface area contributed by atoms with Crippen LogP contribution in [0.2, 0.25) is 0 Å². The van der Waals surface area contributed by atoms with E-state index in [9.17, 15) is 14.4 Å². The number of carbonyl (C=O) groups excluding carboxylic acids is 3. The fourth-order valence-electron chi connectivity index (χ4n) is 9.63. The molecule has 6 heteroatoms. The second-order valence-corrected chi connectivity index (χ2v) is 21.8. The van der Waals surface area contributed by atoms with E-state index in [0.717, 1.165) is 63.7 Å². The summed E-state index contributed by atoms with van der Waals surface area (Å²) < 4.78 is 16.9. The van der Waals surface area contributed by atoms with Gasteiger partial charge in [0.15, 0.2) is 6.10 Å². The Morgan fingerprint density at radius 2 is 0.485 bits per heavy atom. The van der Waals surface area contributed by atoms with E-state index < -0.39 is 6.10 Å². The van der Waals surface area contributed by atoms with Gasteiger partial charge in [-0.2, -0.15) is 0 Å². The minimum absolute atomic E-state index is 0.0614. The summed E-state index contributed by atoms with van der Waals surface area (Å²) in [7, 11) is 0. The van der Waals surface area contributed by atoms with Crippen LogP contribution in [0.15, 0.2) is 0 Å². The Labute approximate surface area is 425 Å². The molecule has 0 radical (unpaired) electrons. The Bertz CT molecular complexity index is 1030. The quantitative estimate of drug-likeness (QED) is 0.0343. The van der Waals surface area contributed by atoms with Gasteiger partial charge in [0.05, 0.1) is 0 Å². The number of esters is 3. The number of hydrogen-bond acceptors (Lipinski definition) is 6. The Kier molecular flexibility index (Phi) is 55.0. The van der Waals surface area contributed by atoms with Gasteiger partial charge < -0.3 is 14.2 Å². The lowest BCUT2D eigenvalue weighted by Gasteiger charge is -2.18. The van der Waals surface area contributed by atoms with Crippen molar-refractivity contribution in [1.82, 2.24) is 0 Å². The topological polar surface area (TPSA) is 78.9 Å². The second kappa shape index (κ2) is 56.3. The van der Waals surface area contributed by atoms with Crippen LogP contribution in [0.5, 0.6) is 0 Å². The number of unbranched alkanes of at least 4 members (excludes halogenated alkanes) is 44. The lowest BCUT2D eigenvalue weighted by atomic mass is 10.0. The molecule has 0 N–H and O–H groups in total. The van der Waals surface area contributed by atoms with Crippen LogP contribution in [0, 0.1) is 5.92 Å². The third-order valence-corrected chi connectivity index (χ3v) is 14.3. The molecule has 0 aliphatic heterocycles. The van der Waals surface area contributed by atoms with Crippen LogP contribution in [0.1, 0.15) is 355 Å². The van der Waals surface area contributed by atoms with Gasteiger partial charge in [-0.05, 0) is 25.2 Å². The molecule has 0 fully saturated rings. The van der Waals surface area contributed by atoms with Gasteiger partial charge in [-0.3, -0.25) is 14.4 Å². The lowest BCUT2D eigenvalue weighted by molar-refractivity contribution is -0.167. The second-order valence-electron chi connectivity index (χ2n) is 21.8. The summed E-state index contributed by atoms with van der Waals surface area (Å²) in [5.74, 6) is 0.00337. The molecule has 0 amide bonds. The van der Waals surface area contributed by atoms with Crippen molar-refractivity contribution in [2.24, 2.45) is 5.92 Å². The van der Waals surface area contributed by atoms with Gasteiger partial charge in [-0.15, -0.1) is 0 Å². The summed E-state index contributed by atoms with van der Waals surface area (Å²) in [5, 5.41) is 0. The first-order valence-corrected chi connectivity index (χ1v) is 30.9. The molecule has 404 valence electrons. The fraction of sp³-hybridized carbons (Fsp3) is 0.952. The smallest absolute Gasteiger partial charge is 0.306 e. The first-order valence-electron chi connectivity index (χ1n) is 30.9. The average molecular weight is 962 g/mol. The van der Waals surface area contributed by atoms with Crippen LogP contribution in [0.3, 0.4) is 0 Å². The maximum absolute atomic E-state index is 12.9. The molecule has 0 spiro atoms. The van der Waals surface area contributed by atoms with Crippen molar-refractivity contribution in [3.05, 3.63) is 0 Å². The van der Waals surface area contributed by atoms with E-state index in [1.54, 1.807) is 0 Å². The summed E-state index contributed by atoms with van der Waals surface area (Å²) in [5.41, 5.74) is 0. The summed E-state index contributed by atoms with van der Waals surface area (Å²) >= 11 is 0. The summed E-state index contributed by atoms with van der Waals surface area (Å²) in [4.78, 5) is 38.2. The fourth-order valence-corrected chi connectivity index (χ4v) is 9.63. The van der Waals surface area contributed by atoms with E-state index in [2.05, 4.69) is 27.7 Å². The molecule has 0 aliphatic carbocycles. The minimum atomic E-state index is -0.762. The molecule has 0 aliphatic rings. The van der Waals surface area contributed by atoms with Crippen LogP contribution < -0.4 is 0 Å². The maximum Gasteiger partial charge on any atom is 0.306 e. The van der Waals surface area contributed by atoms with Crippen molar-refractivity contribution >= 4 is 17.9 Å². The molecule has 0 aromatic rings. The van der Waals surface area contributed by atoms with Gasteiger partial charge in [0.2, 0.25) is 0 Å². The Morgan fingerprint density at radius 1 is 0.279 bits per heavy atom. The molecule has 0 saturated heterocycles. The highest BCUT2D eigenvalue weighted by Crippen LogP contribution is 2.18. The van der Waals surface area contributed by atoms with Crippen LogP contribution in [-0.4, -0.2) is 37.2 Å². The van der Waals surface area contributed by atoms with Crippen molar-refractivity contribution in [2.45, 2.75) is 361 Å². The highest BCUT2D eigenvalue weighted by Gasteiger charge is 2.19. The van der Waals surface area contributed by atoms with Crippen LogP contribution >= 0.6 is 0 Å². The minimum Gasteiger partial charge on any atom is -0.462 e. The summed E-state index contributed by atoms with van der Waals surface area (Å²) in [6.07, 6.45) is 62.4. The van der Waals surface area contributed by atoms with Crippen LogP contribution in [-0.2, 0) is 28.6 Å². The Balaban J connectivity index is 4.29. The van der Waals surface area contributed by atoms with Crippen molar-refractivity contribution in [1.29, 1.82) is 0 Å². The molecule has 0 aromatic heterocycles. The van der Waals surface area contributed by atoms with Gasteiger partial charge in [0.25, 0.3) is 0 Å². The van der Waals surface area contributed by atoms with Gasteiger partial charge in [0, 0.05) is 19.3 Å². The third-order valence-electron chi connectivity index (χ3n) is 14.3. The molecule has 0 aromatic carbocycles. The highest BCUT2D eigenvalue weighted by molar-refractivity contribution is 5.71. The molecular formula is C62H120O6. The van der Waals surface area contributed by atoms with E-state index in [1.807, 2.05) is 0 Å². The van der Waals surface area contributed by atoms with E-state index in [1.165, 1.54) is 250 Å². The van der Waals surface area contributed by atoms with Crippen LogP contribution in [0.25, 0.3) is 0 Å². The molecule has 0 rings (SSSR count). The Morgan fingerprint density at radius 3 is 0.721 bits per heavy atom. The van der Waals surface area contributed by atoms with Crippen molar-refractivity contribution < 1.29 is 28.6 Å². The number of carbonyl (C=O) groups is 3. The summed E-state index contributed by atoms with van der Waals surface area (Å²) in [6.45, 7) is 9.08. The van der Waals surface area contributed by atoms with E-state index in [4.69, 9.17) is 14.2 Å². The van der Waals surface area contributed by atoms with Gasteiger partial charge in [0.1, 0.15) is 13.2 Å². The molecule has 68 heavy (non-hydrogen) atoms. The van der Waals surface area contributed by atoms with E-state index in [0.29, 0.717) is 19.3 Å². The third kappa shape index (κ3) is 55.3. The van der Waals surface area contributed by atoms with Crippen LogP contribution in [0.4, 0.5) is 0 Å². The monoisotopic (exact) mass is 961 g/mol. The molecule has 1 atom stereocenters. The number of hydrogen-bond donors (Lipinski definition) is 0. The lowest BCUT2D eigenvalue weighted by Crippen LogP contribution is -2.30. The number of ether oxygens (including phenoxy) is 3. The molecule has 0 saturated carbocycles. The zero-order valence-corrected chi connectivity index (χ0v) is 46.6. The molecule has 0 heterocycles. The van der Waals surface area contributed by atoms with Crippen molar-refractivity contribution in [3.63, 3.8) is 0 Å². The van der Waals surface area contributed by atoms with E-state index in [-0.39, 0.29) is 31.1 Å². The van der Waals surface area contributed by atoms with E-state index >= 15 is 0 Å². The zero-order valence-electron chi connectivity index (χ0n) is 46.6.